The Balaban J connectivity index is 2.54. The Hall–Kier alpha value is -2.04. The predicted molar refractivity (Wildman–Crippen MR) is 64.0 cm³/mol. The van der Waals surface area contributed by atoms with E-state index < -0.39 is 0 Å². The van der Waals surface area contributed by atoms with E-state index in [0.29, 0.717) is 12.2 Å². The van der Waals surface area contributed by atoms with E-state index in [0.717, 1.165) is 5.75 Å². The molecule has 1 aromatic carbocycles. The summed E-state index contributed by atoms with van der Waals surface area (Å²) < 4.78 is 5.26. The van der Waals surface area contributed by atoms with Gasteiger partial charge in [-0.15, -0.1) is 0 Å². The van der Waals surface area contributed by atoms with Crippen molar-refractivity contribution in [2.45, 2.75) is 6.92 Å². The summed E-state index contributed by atoms with van der Waals surface area (Å²) in [6.45, 7) is 2.45. The third-order valence-electron chi connectivity index (χ3n) is 2.12. The Labute approximate surface area is 100 Å². The number of rotatable bonds is 5. The minimum atomic E-state index is -0.281. The molecule has 0 aliphatic carbocycles. The second-order valence-corrected chi connectivity index (χ2v) is 3.31. The van der Waals surface area contributed by atoms with Gasteiger partial charge in [-0.05, 0) is 31.2 Å². The lowest BCUT2D eigenvalue weighted by Crippen LogP contribution is -2.35. The maximum atomic E-state index is 11.6. The normalized spacial score (nSPS) is 9.53. The number of carbonyl (C=O) groups excluding carboxylic acids is 2. The molecule has 0 radical (unpaired) electrons. The zero-order valence-electron chi connectivity index (χ0n) is 9.95. The standard InChI is InChI=1S/C12H16N2O3/c1-3-17-10-6-4-9(5-7-10)12(16)14-8-11(15)13-2/h4-7H,3,8H2,1-2H3,(H,13,15)(H,14,16). The molecule has 2 amide bonds. The number of carbonyl (C=O) groups is 2. The second-order valence-electron chi connectivity index (χ2n) is 3.31. The molecule has 92 valence electrons. The van der Waals surface area contributed by atoms with Crippen LogP contribution in [-0.4, -0.2) is 32.0 Å². The van der Waals surface area contributed by atoms with E-state index in [1.807, 2.05) is 6.92 Å². The summed E-state index contributed by atoms with van der Waals surface area (Å²) in [5.41, 5.74) is 0.498. The van der Waals surface area contributed by atoms with Gasteiger partial charge in [-0.1, -0.05) is 0 Å². The maximum Gasteiger partial charge on any atom is 0.251 e. The lowest BCUT2D eigenvalue weighted by atomic mass is 10.2. The van der Waals surface area contributed by atoms with E-state index in [9.17, 15) is 9.59 Å². The lowest BCUT2D eigenvalue weighted by Gasteiger charge is -2.06. The quantitative estimate of drug-likeness (QED) is 0.785. The summed E-state index contributed by atoms with van der Waals surface area (Å²) >= 11 is 0. The molecule has 0 aliphatic rings. The van der Waals surface area contributed by atoms with Gasteiger partial charge in [0.1, 0.15) is 5.75 Å². The first-order valence-corrected chi connectivity index (χ1v) is 5.39. The predicted octanol–water partition coefficient (Wildman–Crippen LogP) is 0.561. The van der Waals surface area contributed by atoms with Gasteiger partial charge in [0.2, 0.25) is 5.91 Å². The Morgan fingerprint density at radius 2 is 1.88 bits per heavy atom. The topological polar surface area (TPSA) is 67.4 Å². The molecular formula is C12H16N2O3. The van der Waals surface area contributed by atoms with Crippen LogP contribution >= 0.6 is 0 Å². The molecule has 0 saturated heterocycles. The van der Waals surface area contributed by atoms with E-state index in [1.54, 1.807) is 24.3 Å². The number of hydrogen-bond donors (Lipinski definition) is 2. The number of likely N-dealkylation sites (N-methyl/N-ethyl adjacent to an activating group) is 1. The van der Waals surface area contributed by atoms with Crippen LogP contribution in [0.25, 0.3) is 0 Å². The fourth-order valence-electron chi connectivity index (χ4n) is 1.22. The van der Waals surface area contributed by atoms with Crippen LogP contribution in [0, 0.1) is 0 Å². The molecule has 2 N–H and O–H groups in total. The lowest BCUT2D eigenvalue weighted by molar-refractivity contribution is -0.119. The molecule has 0 fully saturated rings. The van der Waals surface area contributed by atoms with Gasteiger partial charge in [-0.25, -0.2) is 0 Å². The molecule has 17 heavy (non-hydrogen) atoms. The number of nitrogens with one attached hydrogen (secondary N) is 2. The first-order valence-electron chi connectivity index (χ1n) is 5.39. The van der Waals surface area contributed by atoms with Crippen LogP contribution in [0.2, 0.25) is 0 Å². The van der Waals surface area contributed by atoms with Crippen molar-refractivity contribution in [3.63, 3.8) is 0 Å². The van der Waals surface area contributed by atoms with Crippen LogP contribution in [0.3, 0.4) is 0 Å². The van der Waals surface area contributed by atoms with Gasteiger partial charge in [-0.2, -0.15) is 0 Å². The average molecular weight is 236 g/mol. The first-order chi connectivity index (χ1) is 8.17. The molecule has 5 heteroatoms. The van der Waals surface area contributed by atoms with Gasteiger partial charge >= 0.3 is 0 Å². The van der Waals surface area contributed by atoms with E-state index in [-0.39, 0.29) is 18.4 Å². The Kier molecular flexibility index (Phi) is 5.00. The molecule has 1 aromatic rings. The number of ether oxygens (including phenoxy) is 1. The Bertz CT molecular complexity index is 387. The molecule has 0 unspecified atom stereocenters. The molecule has 1 rings (SSSR count). The molecule has 0 spiro atoms. The Morgan fingerprint density at radius 3 is 2.41 bits per heavy atom. The average Bonchev–Trinajstić information content (AvgIpc) is 2.36. The highest BCUT2D eigenvalue weighted by molar-refractivity contribution is 5.96. The van der Waals surface area contributed by atoms with Crippen molar-refractivity contribution in [2.75, 3.05) is 20.2 Å². The molecule has 0 bridgehead atoms. The number of hydrogen-bond acceptors (Lipinski definition) is 3. The number of benzene rings is 1. The summed E-state index contributed by atoms with van der Waals surface area (Å²) in [5.74, 6) is 0.205. The van der Waals surface area contributed by atoms with Crippen molar-refractivity contribution < 1.29 is 14.3 Å². The fraction of sp³-hybridized carbons (Fsp3) is 0.333. The summed E-state index contributed by atoms with van der Waals surface area (Å²) in [6.07, 6.45) is 0. The third-order valence-corrected chi connectivity index (χ3v) is 2.12. The van der Waals surface area contributed by atoms with Crippen LogP contribution in [0.4, 0.5) is 0 Å². The first kappa shape index (κ1) is 13.0. The molecule has 0 heterocycles. The van der Waals surface area contributed by atoms with Gasteiger partial charge in [-0.3, -0.25) is 9.59 Å². The molecule has 5 nitrogen and oxygen atoms in total. The van der Waals surface area contributed by atoms with Crippen LogP contribution in [0.1, 0.15) is 17.3 Å². The largest absolute Gasteiger partial charge is 0.494 e. The van der Waals surface area contributed by atoms with Gasteiger partial charge in [0.25, 0.3) is 5.91 Å². The van der Waals surface area contributed by atoms with E-state index >= 15 is 0 Å². The fourth-order valence-corrected chi connectivity index (χ4v) is 1.22. The molecule has 0 atom stereocenters. The minimum Gasteiger partial charge on any atom is -0.494 e. The zero-order valence-corrected chi connectivity index (χ0v) is 9.95. The Morgan fingerprint density at radius 1 is 1.24 bits per heavy atom. The van der Waals surface area contributed by atoms with Crippen LogP contribution < -0.4 is 15.4 Å². The van der Waals surface area contributed by atoms with Gasteiger partial charge < -0.3 is 15.4 Å². The molecule has 0 saturated carbocycles. The van der Waals surface area contributed by atoms with Crippen LogP contribution in [-0.2, 0) is 4.79 Å². The van der Waals surface area contributed by atoms with E-state index in [2.05, 4.69) is 10.6 Å². The van der Waals surface area contributed by atoms with Crippen molar-refractivity contribution in [1.29, 1.82) is 0 Å². The minimum absolute atomic E-state index is 0.0253. The van der Waals surface area contributed by atoms with Gasteiger partial charge in [0.05, 0.1) is 13.2 Å². The van der Waals surface area contributed by atoms with Gasteiger partial charge in [0, 0.05) is 12.6 Å². The third kappa shape index (κ3) is 4.14. The SMILES string of the molecule is CCOc1ccc(C(=O)NCC(=O)NC)cc1. The monoisotopic (exact) mass is 236 g/mol. The molecular weight excluding hydrogens is 220 g/mol. The number of amides is 2. The van der Waals surface area contributed by atoms with Crippen LogP contribution in [0.15, 0.2) is 24.3 Å². The molecule has 0 aromatic heterocycles. The highest BCUT2D eigenvalue weighted by atomic mass is 16.5. The summed E-state index contributed by atoms with van der Waals surface area (Å²) in [5, 5.41) is 4.93. The van der Waals surface area contributed by atoms with E-state index in [1.165, 1.54) is 7.05 Å². The van der Waals surface area contributed by atoms with Crippen molar-refractivity contribution in [2.24, 2.45) is 0 Å². The zero-order chi connectivity index (χ0) is 12.7. The summed E-state index contributed by atoms with van der Waals surface area (Å²) in [7, 11) is 1.52. The van der Waals surface area contributed by atoms with Crippen molar-refractivity contribution in [3.05, 3.63) is 29.8 Å². The maximum absolute atomic E-state index is 11.6. The molecule has 0 aliphatic heterocycles. The smallest absolute Gasteiger partial charge is 0.251 e. The van der Waals surface area contributed by atoms with Crippen LogP contribution in [0.5, 0.6) is 5.75 Å². The van der Waals surface area contributed by atoms with Gasteiger partial charge in [0.15, 0.2) is 0 Å². The van der Waals surface area contributed by atoms with E-state index in [4.69, 9.17) is 4.74 Å². The second kappa shape index (κ2) is 6.52. The highest BCUT2D eigenvalue weighted by Crippen LogP contribution is 2.11. The summed E-state index contributed by atoms with van der Waals surface area (Å²) in [4.78, 5) is 22.5. The van der Waals surface area contributed by atoms with Crippen molar-refractivity contribution >= 4 is 11.8 Å². The van der Waals surface area contributed by atoms with Crippen molar-refractivity contribution in [1.82, 2.24) is 10.6 Å². The summed E-state index contributed by atoms with van der Waals surface area (Å²) in [6, 6.07) is 6.75. The highest BCUT2D eigenvalue weighted by Gasteiger charge is 2.06. The van der Waals surface area contributed by atoms with Crippen molar-refractivity contribution in [3.8, 4) is 5.75 Å².